The minimum Gasteiger partial charge on any atom is -0.493 e. The monoisotopic (exact) mass is 1080 g/mol. The van der Waals surface area contributed by atoms with Crippen LogP contribution in [-0.2, 0) is 39.9 Å². The summed E-state index contributed by atoms with van der Waals surface area (Å²) in [6.07, 6.45) is 10.1. The predicted octanol–water partition coefficient (Wildman–Crippen LogP) is 8.30. The first-order valence-electron chi connectivity index (χ1n) is 25.4. The molecule has 19 heteroatoms. The topological polar surface area (TPSA) is 198 Å². The van der Waals surface area contributed by atoms with E-state index in [0.717, 1.165) is 82.6 Å². The zero-order valence-electron chi connectivity index (χ0n) is 42.6. The summed E-state index contributed by atoms with van der Waals surface area (Å²) in [6, 6.07) is 14.3. The third-order valence-electron chi connectivity index (χ3n) is 12.7. The molecule has 0 bridgehead atoms. The van der Waals surface area contributed by atoms with Gasteiger partial charge in [-0.05, 0) is 103 Å². The predicted molar refractivity (Wildman–Crippen MR) is 284 cm³/mol. The van der Waals surface area contributed by atoms with Crippen LogP contribution in [-0.4, -0.2) is 133 Å². The van der Waals surface area contributed by atoms with Gasteiger partial charge in [-0.25, -0.2) is 9.97 Å². The molecule has 1 unspecified atom stereocenters. The Hall–Kier alpha value is -5.21. The lowest BCUT2D eigenvalue weighted by Crippen LogP contribution is -2.58. The van der Waals surface area contributed by atoms with Crippen LogP contribution in [0.5, 0.6) is 5.75 Å². The molecule has 0 spiro atoms. The average molecular weight is 1080 g/mol. The van der Waals surface area contributed by atoms with Gasteiger partial charge in [-0.15, -0.1) is 11.3 Å². The van der Waals surface area contributed by atoms with Crippen molar-refractivity contribution in [3.8, 4) is 16.2 Å². The fraction of sp³-hybridized carbons (Fsp3) is 0.566. The molecule has 0 radical (unpaired) electrons. The van der Waals surface area contributed by atoms with Gasteiger partial charge in [0.05, 0.1) is 27.2 Å². The summed E-state index contributed by atoms with van der Waals surface area (Å²) in [4.78, 5) is 70.6. The van der Waals surface area contributed by atoms with Crippen molar-refractivity contribution in [2.45, 2.75) is 111 Å². The summed E-state index contributed by atoms with van der Waals surface area (Å²) in [5.41, 5.74) is 5.09. The Labute approximate surface area is 437 Å². The van der Waals surface area contributed by atoms with Gasteiger partial charge in [0.2, 0.25) is 29.6 Å². The number of hydrogen-bond acceptors (Lipinski definition) is 14. The molecule has 2 aromatic heterocycles. The second kappa shape index (κ2) is 28.9. The van der Waals surface area contributed by atoms with E-state index < -0.39 is 17.5 Å². The van der Waals surface area contributed by atoms with E-state index in [9.17, 15) is 19.2 Å². The van der Waals surface area contributed by atoms with Gasteiger partial charge in [0.25, 0.3) is 0 Å². The second-order valence-corrected chi connectivity index (χ2v) is 21.2. The molecule has 6 rings (SSSR count). The van der Waals surface area contributed by atoms with Gasteiger partial charge in [-0.2, -0.15) is 4.98 Å². The second-order valence-electron chi connectivity index (χ2n) is 19.5. The van der Waals surface area contributed by atoms with Gasteiger partial charge >= 0.3 is 0 Å². The van der Waals surface area contributed by atoms with Crippen molar-refractivity contribution in [2.75, 3.05) is 83.6 Å². The van der Waals surface area contributed by atoms with Crippen LogP contribution in [0.1, 0.15) is 96.2 Å². The van der Waals surface area contributed by atoms with Crippen LogP contribution < -0.4 is 26.0 Å². The zero-order chi connectivity index (χ0) is 51.3. The van der Waals surface area contributed by atoms with Crippen molar-refractivity contribution < 1.29 is 38.1 Å². The van der Waals surface area contributed by atoms with E-state index in [1.165, 1.54) is 0 Å². The molecule has 3 heterocycles. The number of carbonyl (C=O) groups is 4. The third kappa shape index (κ3) is 17.8. The molecule has 4 aromatic rings. The molecular formula is C53H74BrN9O8S. The number of thiazole rings is 1. The molecule has 72 heavy (non-hydrogen) atoms. The van der Waals surface area contributed by atoms with Crippen LogP contribution in [0.4, 0.5) is 17.5 Å². The Morgan fingerprint density at radius 3 is 2.31 bits per heavy atom. The lowest BCUT2D eigenvalue weighted by Gasteiger charge is -2.35. The molecule has 2 aliphatic rings. The maximum Gasteiger partial charge on any atom is 0.246 e. The van der Waals surface area contributed by atoms with Gasteiger partial charge < -0.3 is 50.0 Å². The van der Waals surface area contributed by atoms with Crippen LogP contribution in [0, 0.1) is 18.3 Å². The summed E-state index contributed by atoms with van der Waals surface area (Å²) in [5.74, 6) is 1.49. The molecule has 4 N–H and O–H groups in total. The number of halogens is 1. The molecular weight excluding hydrogens is 1000 g/mol. The van der Waals surface area contributed by atoms with Crippen LogP contribution in [0.25, 0.3) is 10.4 Å². The first-order valence-corrected chi connectivity index (χ1v) is 27.1. The molecule has 1 saturated heterocycles. The quantitative estimate of drug-likeness (QED) is 0.0364. The highest BCUT2D eigenvalue weighted by atomic mass is 79.9. The third-order valence-corrected chi connectivity index (χ3v) is 14.2. The van der Waals surface area contributed by atoms with Gasteiger partial charge in [-0.1, -0.05) is 57.5 Å². The SMILES string of the molecule is Cc1ncsc1-c1ccc(CNC(=O)[C@@H]2CCCN2C(=O)C(NC(=O)COCCCOCCCCOCCCOc2cccc(Nc3ncc(Br)c(NCCCN(C)C(=O)C4CCC4)n3)c2)C(C)(C)C)cc1. The number of ether oxygens (including phenoxy) is 4. The number of benzene rings is 2. The van der Waals surface area contributed by atoms with E-state index in [1.54, 1.807) is 22.4 Å². The molecule has 1 aliphatic carbocycles. The summed E-state index contributed by atoms with van der Waals surface area (Å²) in [5, 5.41) is 12.5. The zero-order valence-corrected chi connectivity index (χ0v) is 45.0. The number of nitrogens with one attached hydrogen (secondary N) is 4. The number of aromatic nitrogens is 3. The normalized spacial score (nSPS) is 15.1. The van der Waals surface area contributed by atoms with E-state index in [1.807, 2.05) is 93.7 Å². The number of hydrogen-bond donors (Lipinski definition) is 4. The van der Waals surface area contributed by atoms with Gasteiger partial charge in [0, 0.05) is 96.6 Å². The van der Waals surface area contributed by atoms with Crippen molar-refractivity contribution in [2.24, 2.45) is 11.3 Å². The minimum atomic E-state index is -0.819. The van der Waals surface area contributed by atoms with Gasteiger partial charge in [0.15, 0.2) is 0 Å². The highest BCUT2D eigenvalue weighted by molar-refractivity contribution is 9.10. The Bertz CT molecular complexity index is 2340. The van der Waals surface area contributed by atoms with Crippen LogP contribution in [0.2, 0.25) is 0 Å². The first kappa shape index (κ1) is 56.1. The molecule has 2 atom stereocenters. The van der Waals surface area contributed by atoms with Crippen LogP contribution in [0.3, 0.4) is 0 Å². The maximum atomic E-state index is 13.9. The smallest absolute Gasteiger partial charge is 0.246 e. The van der Waals surface area contributed by atoms with Crippen LogP contribution >= 0.6 is 27.3 Å². The summed E-state index contributed by atoms with van der Waals surface area (Å²) >= 11 is 5.13. The number of nitrogens with zero attached hydrogens (tertiary/aromatic N) is 5. The largest absolute Gasteiger partial charge is 0.493 e. The van der Waals surface area contributed by atoms with Crippen molar-refractivity contribution in [1.82, 2.24) is 35.4 Å². The fourth-order valence-corrected chi connectivity index (χ4v) is 9.46. The van der Waals surface area contributed by atoms with E-state index in [2.05, 4.69) is 52.1 Å². The Morgan fingerprint density at radius 2 is 1.61 bits per heavy atom. The summed E-state index contributed by atoms with van der Waals surface area (Å²) < 4.78 is 23.9. The van der Waals surface area contributed by atoms with E-state index in [4.69, 9.17) is 18.9 Å². The van der Waals surface area contributed by atoms with E-state index in [-0.39, 0.29) is 36.2 Å². The Morgan fingerprint density at radius 1 is 0.889 bits per heavy atom. The summed E-state index contributed by atoms with van der Waals surface area (Å²) in [7, 11) is 1.88. The number of likely N-dealkylation sites (tertiary alicyclic amines) is 1. The number of amides is 4. The van der Waals surface area contributed by atoms with Gasteiger partial charge in [-0.3, -0.25) is 19.2 Å². The van der Waals surface area contributed by atoms with Crippen molar-refractivity contribution >= 4 is 68.3 Å². The van der Waals surface area contributed by atoms with E-state index in [0.29, 0.717) is 96.8 Å². The Kier molecular flexibility index (Phi) is 22.5. The van der Waals surface area contributed by atoms with Crippen molar-refractivity contribution in [3.05, 3.63) is 76.0 Å². The molecule has 392 valence electrons. The minimum absolute atomic E-state index is 0.177. The molecule has 17 nitrogen and oxygen atoms in total. The van der Waals surface area contributed by atoms with Crippen LogP contribution in [0.15, 0.2) is 64.7 Å². The highest BCUT2D eigenvalue weighted by Crippen LogP contribution is 2.30. The lowest BCUT2D eigenvalue weighted by atomic mass is 9.84. The number of anilines is 3. The van der Waals surface area contributed by atoms with Crippen molar-refractivity contribution in [1.29, 1.82) is 0 Å². The fourth-order valence-electron chi connectivity index (χ4n) is 8.32. The first-order chi connectivity index (χ1) is 34.8. The van der Waals surface area contributed by atoms with Crippen molar-refractivity contribution in [3.63, 3.8) is 0 Å². The number of aryl methyl sites for hydroxylation is 1. The number of rotatable bonds is 30. The molecule has 4 amide bonds. The molecule has 2 aromatic carbocycles. The average Bonchev–Trinajstić information content (AvgIpc) is 4.02. The summed E-state index contributed by atoms with van der Waals surface area (Å²) in [6.45, 7) is 12.9. The number of unbranched alkanes of at least 4 members (excludes halogenated alkanes) is 1. The maximum absolute atomic E-state index is 13.9. The molecule has 1 aliphatic heterocycles. The standard InChI is InChI=1S/C53H74BrN9O8S/c1-37-46(72-36-58-37)39-21-19-38(20-22-39)33-56-49(65)44-18-10-25-63(44)51(67)47(53(2,3)4)60-45(64)35-70-30-12-28-68-26-6-7-27-69-29-13-31-71-42-17-9-16-41(32-42)59-52-57-34-43(54)48(61-52)55-23-11-24-62(5)50(66)40-14-8-15-40/h9,16-17,19-22,32,34,36,40,44,47H,6-8,10-15,18,23-31,33,35H2,1-5H3,(H,56,65)(H,60,64)(H2,55,57,59,61)/t44-,47?/m0/s1. The highest BCUT2D eigenvalue weighted by Gasteiger charge is 2.42. The Balaban J connectivity index is 0.765. The van der Waals surface area contributed by atoms with Gasteiger partial charge in [0.1, 0.15) is 30.3 Å². The lowest BCUT2D eigenvalue weighted by molar-refractivity contribution is -0.144. The van der Waals surface area contributed by atoms with E-state index >= 15 is 0 Å². The molecule has 2 fully saturated rings. The number of carbonyl (C=O) groups excluding carboxylic acids is 4. The molecule has 1 saturated carbocycles.